The maximum Gasteiger partial charge on any atom is 0.335 e. The highest BCUT2D eigenvalue weighted by molar-refractivity contribution is 6.71. The van der Waals surface area contributed by atoms with Crippen LogP contribution in [-0.2, 0) is 14.0 Å². The molecule has 0 heterocycles. The predicted octanol–water partition coefficient (Wildman–Crippen LogP) is 2.31. The Morgan fingerprint density at radius 1 is 1.33 bits per heavy atom. The molecule has 1 unspecified atom stereocenters. The molecule has 5 heteroatoms. The van der Waals surface area contributed by atoms with Crippen molar-refractivity contribution in [1.82, 2.24) is 0 Å². The van der Waals surface area contributed by atoms with Crippen molar-refractivity contribution in [3.05, 3.63) is 12.2 Å². The fraction of sp³-hybridized carbons (Fsp3) is 0.700. The molecule has 15 heavy (non-hydrogen) atoms. The number of esters is 1. The molecule has 0 aromatic heterocycles. The summed E-state index contributed by atoms with van der Waals surface area (Å²) in [7, 11) is -2.81. The molecule has 0 radical (unpaired) electrons. The van der Waals surface area contributed by atoms with Gasteiger partial charge in [-0.25, -0.2) is 4.79 Å². The minimum atomic E-state index is -1.66. The molecule has 0 fully saturated rings. The van der Waals surface area contributed by atoms with Crippen LogP contribution < -0.4 is 0 Å². The second kappa shape index (κ2) is 5.62. The van der Waals surface area contributed by atoms with E-state index in [4.69, 9.17) is 9.16 Å². The van der Waals surface area contributed by atoms with E-state index < -0.39 is 17.1 Å². The van der Waals surface area contributed by atoms with Gasteiger partial charge in [0.05, 0.1) is 0 Å². The molecule has 1 atom stereocenters. The van der Waals surface area contributed by atoms with E-state index in [9.17, 15) is 4.79 Å². The van der Waals surface area contributed by atoms with Crippen LogP contribution in [0.25, 0.3) is 0 Å². The van der Waals surface area contributed by atoms with E-state index in [0.717, 1.165) is 0 Å². The van der Waals surface area contributed by atoms with Gasteiger partial charge in [0.25, 0.3) is 0 Å². The van der Waals surface area contributed by atoms with Crippen LogP contribution in [0.15, 0.2) is 12.2 Å². The topological polar surface area (TPSA) is 35.5 Å². The molecule has 0 aromatic rings. The van der Waals surface area contributed by atoms with Crippen molar-refractivity contribution in [2.45, 2.75) is 45.6 Å². The Bertz CT molecular complexity index is 244. The minimum absolute atomic E-state index is 0.319. The average Bonchev–Trinajstić information content (AvgIpc) is 1.99. The molecule has 3 nitrogen and oxygen atoms in total. The standard InChI is InChI=1S/C10H22O3Si2/c1-8(2)9(11)12-10(14(3)4)13-15(5,6)7/h10,14H,1H2,2-7H3. The number of carbonyl (C=O) groups excluding carboxylic acids is 1. The molecule has 0 aliphatic heterocycles. The van der Waals surface area contributed by atoms with E-state index in [1.807, 2.05) is 0 Å². The summed E-state index contributed by atoms with van der Waals surface area (Å²) in [4.78, 5) is 11.4. The highest BCUT2D eigenvalue weighted by Gasteiger charge is 2.27. The third kappa shape index (κ3) is 6.64. The van der Waals surface area contributed by atoms with Crippen molar-refractivity contribution in [3.8, 4) is 0 Å². The first-order chi connectivity index (χ1) is 6.63. The minimum Gasteiger partial charge on any atom is -0.438 e. The maximum atomic E-state index is 11.4. The van der Waals surface area contributed by atoms with Crippen molar-refractivity contribution in [2.24, 2.45) is 0 Å². The van der Waals surface area contributed by atoms with Crippen LogP contribution in [0.2, 0.25) is 32.7 Å². The Morgan fingerprint density at radius 2 is 1.80 bits per heavy atom. The van der Waals surface area contributed by atoms with Gasteiger partial charge in [-0.3, -0.25) is 0 Å². The number of ether oxygens (including phenoxy) is 1. The van der Waals surface area contributed by atoms with Crippen LogP contribution in [0.3, 0.4) is 0 Å². The predicted molar refractivity (Wildman–Crippen MR) is 68.0 cm³/mol. The largest absolute Gasteiger partial charge is 0.438 e. The van der Waals surface area contributed by atoms with Crippen LogP contribution in [0.1, 0.15) is 6.92 Å². The van der Waals surface area contributed by atoms with Gasteiger partial charge in [-0.15, -0.1) is 0 Å². The molecule has 0 saturated carbocycles. The molecule has 0 rings (SSSR count). The highest BCUT2D eigenvalue weighted by Crippen LogP contribution is 2.12. The van der Waals surface area contributed by atoms with Gasteiger partial charge < -0.3 is 9.16 Å². The number of hydrogen-bond donors (Lipinski definition) is 0. The fourth-order valence-corrected chi connectivity index (χ4v) is 4.30. The highest BCUT2D eigenvalue weighted by atomic mass is 28.4. The number of carbonyl (C=O) groups is 1. The lowest BCUT2D eigenvalue weighted by Crippen LogP contribution is -2.41. The Morgan fingerprint density at radius 3 is 2.07 bits per heavy atom. The summed E-state index contributed by atoms with van der Waals surface area (Å²) in [6.45, 7) is 15.7. The van der Waals surface area contributed by atoms with Crippen molar-refractivity contribution < 1.29 is 14.0 Å². The SMILES string of the molecule is C=C(C)C(=O)OC(O[Si](C)(C)C)[SiH](C)C. The average molecular weight is 246 g/mol. The molecule has 0 N–H and O–H groups in total. The molecule has 0 saturated heterocycles. The van der Waals surface area contributed by atoms with Gasteiger partial charge in [0, 0.05) is 5.57 Å². The van der Waals surface area contributed by atoms with E-state index in [-0.39, 0.29) is 11.9 Å². The summed E-state index contributed by atoms with van der Waals surface area (Å²) < 4.78 is 11.1. The zero-order valence-corrected chi connectivity index (χ0v) is 12.7. The van der Waals surface area contributed by atoms with E-state index >= 15 is 0 Å². The monoisotopic (exact) mass is 246 g/mol. The second-order valence-electron chi connectivity index (χ2n) is 5.03. The normalized spacial score (nSPS) is 13.8. The summed E-state index contributed by atoms with van der Waals surface area (Å²) in [5.74, 6) is -0.666. The Balaban J connectivity index is 4.42. The first-order valence-corrected chi connectivity index (χ1v) is 11.6. The van der Waals surface area contributed by atoms with E-state index in [1.54, 1.807) is 6.92 Å². The lowest BCUT2D eigenvalue weighted by atomic mass is 10.4. The van der Waals surface area contributed by atoms with Crippen LogP contribution >= 0.6 is 0 Å². The van der Waals surface area contributed by atoms with Crippen LogP contribution in [0.5, 0.6) is 0 Å². The van der Waals surface area contributed by atoms with Crippen molar-refractivity contribution in [2.75, 3.05) is 0 Å². The zero-order chi connectivity index (χ0) is 12.2. The third-order valence-electron chi connectivity index (χ3n) is 1.59. The van der Waals surface area contributed by atoms with Gasteiger partial charge >= 0.3 is 5.97 Å². The number of hydrogen-bond acceptors (Lipinski definition) is 3. The summed E-state index contributed by atoms with van der Waals surface area (Å²) in [5.41, 5.74) is 0.425. The fourth-order valence-electron chi connectivity index (χ4n) is 0.851. The van der Waals surface area contributed by atoms with Crippen molar-refractivity contribution >= 4 is 23.1 Å². The van der Waals surface area contributed by atoms with E-state index in [0.29, 0.717) is 5.57 Å². The summed E-state index contributed by atoms with van der Waals surface area (Å²) in [5, 5.41) is 0. The quantitative estimate of drug-likeness (QED) is 0.323. The Labute approximate surface area is 95.2 Å². The molecule has 88 valence electrons. The third-order valence-corrected chi connectivity index (χ3v) is 4.16. The van der Waals surface area contributed by atoms with Crippen LogP contribution in [0, 0.1) is 0 Å². The van der Waals surface area contributed by atoms with Crippen LogP contribution in [0.4, 0.5) is 0 Å². The van der Waals surface area contributed by atoms with Gasteiger partial charge in [-0.2, -0.15) is 0 Å². The van der Waals surface area contributed by atoms with Crippen molar-refractivity contribution in [1.29, 1.82) is 0 Å². The zero-order valence-electron chi connectivity index (χ0n) is 10.6. The Hall–Kier alpha value is -0.396. The van der Waals surface area contributed by atoms with Gasteiger partial charge in [0.1, 0.15) is 8.80 Å². The lowest BCUT2D eigenvalue weighted by molar-refractivity contribution is -0.150. The molecule has 0 spiro atoms. The van der Waals surface area contributed by atoms with E-state index in [1.165, 1.54) is 0 Å². The molecule has 0 aliphatic carbocycles. The second-order valence-corrected chi connectivity index (χ2v) is 12.5. The maximum absolute atomic E-state index is 11.4. The van der Waals surface area contributed by atoms with Gasteiger partial charge in [-0.05, 0) is 26.6 Å². The van der Waals surface area contributed by atoms with Crippen LogP contribution in [-0.4, -0.2) is 29.0 Å². The summed E-state index contributed by atoms with van der Waals surface area (Å²) in [6.07, 6.45) is 0. The van der Waals surface area contributed by atoms with Gasteiger partial charge in [0.2, 0.25) is 0 Å². The summed E-state index contributed by atoms with van der Waals surface area (Å²) >= 11 is 0. The smallest absolute Gasteiger partial charge is 0.335 e. The molecule has 0 bridgehead atoms. The van der Waals surface area contributed by atoms with E-state index in [2.05, 4.69) is 39.3 Å². The number of rotatable bonds is 5. The summed E-state index contributed by atoms with van der Waals surface area (Å²) in [6, 6.07) is 0. The first kappa shape index (κ1) is 14.6. The molecule has 0 aromatic carbocycles. The van der Waals surface area contributed by atoms with Gasteiger partial charge in [0.15, 0.2) is 14.2 Å². The molecular weight excluding hydrogens is 224 g/mol. The first-order valence-electron chi connectivity index (χ1n) is 5.18. The molecule has 0 amide bonds. The van der Waals surface area contributed by atoms with Gasteiger partial charge in [-0.1, -0.05) is 19.7 Å². The van der Waals surface area contributed by atoms with Crippen molar-refractivity contribution in [3.63, 3.8) is 0 Å². The lowest BCUT2D eigenvalue weighted by Gasteiger charge is -2.28. The molecular formula is C10H22O3Si2. The molecule has 0 aliphatic rings. The Kier molecular flexibility index (Phi) is 5.47.